The van der Waals surface area contributed by atoms with Gasteiger partial charge in [0.05, 0.1) is 12.8 Å². The monoisotopic (exact) mass is 320 g/mol. The summed E-state index contributed by atoms with van der Waals surface area (Å²) in [5, 5.41) is 25.2. The van der Waals surface area contributed by atoms with Gasteiger partial charge in [-0.2, -0.15) is 10.5 Å². The molecule has 1 heterocycles. The van der Waals surface area contributed by atoms with E-state index < -0.39 is 0 Å². The lowest BCUT2D eigenvalue weighted by molar-refractivity contribution is 0.415. The molecular weight excluding hydrogens is 312 g/mol. The zero-order chi connectivity index (χ0) is 13.7. The Morgan fingerprint density at radius 1 is 1.58 bits per heavy atom. The number of hydrogen-bond donors (Lipinski definition) is 2. The summed E-state index contributed by atoms with van der Waals surface area (Å²) in [4.78, 5) is 0. The molecule has 19 heavy (non-hydrogen) atoms. The van der Waals surface area contributed by atoms with Gasteiger partial charge in [-0.25, -0.2) is 0 Å². The molecule has 0 saturated heterocycles. The van der Waals surface area contributed by atoms with Crippen LogP contribution in [0.3, 0.4) is 0 Å². The molecule has 0 amide bonds. The number of ether oxygens (including phenoxy) is 1. The highest BCUT2D eigenvalue weighted by molar-refractivity contribution is 9.10. The van der Waals surface area contributed by atoms with Crippen LogP contribution in [0.5, 0.6) is 5.75 Å². The number of nitriles is 1. The minimum Gasteiger partial charge on any atom is -0.497 e. The van der Waals surface area contributed by atoms with Gasteiger partial charge >= 0.3 is 0 Å². The smallest absolute Gasteiger partial charge is 0.216 e. The molecule has 2 rings (SSSR count). The van der Waals surface area contributed by atoms with Crippen molar-refractivity contribution in [3.05, 3.63) is 34.7 Å². The number of methoxy groups -OCH3 is 1. The Bertz CT molecular complexity index is 631. The average molecular weight is 321 g/mol. The van der Waals surface area contributed by atoms with Crippen LogP contribution >= 0.6 is 15.9 Å². The lowest BCUT2D eigenvalue weighted by Gasteiger charge is -2.07. The number of nitrogens with one attached hydrogen (secondary N) is 2. The minimum absolute atomic E-state index is 0.231. The highest BCUT2D eigenvalue weighted by atomic mass is 79.9. The van der Waals surface area contributed by atoms with Gasteiger partial charge in [-0.1, -0.05) is 0 Å². The van der Waals surface area contributed by atoms with Crippen LogP contribution in [-0.2, 0) is 0 Å². The summed E-state index contributed by atoms with van der Waals surface area (Å²) in [7, 11) is 1.59. The summed E-state index contributed by atoms with van der Waals surface area (Å²) in [5.41, 5.74) is 1.03. The largest absolute Gasteiger partial charge is 0.497 e. The zero-order valence-corrected chi connectivity index (χ0v) is 11.5. The predicted octanol–water partition coefficient (Wildman–Crippen LogP) is 1.95. The molecule has 8 heteroatoms. The first-order valence-corrected chi connectivity index (χ1v) is 5.98. The first-order valence-electron chi connectivity index (χ1n) is 5.18. The summed E-state index contributed by atoms with van der Waals surface area (Å²) in [6.45, 7) is 0. The molecule has 0 aliphatic rings. The molecule has 1 aromatic heterocycles. The fourth-order valence-corrected chi connectivity index (χ4v) is 1.68. The molecule has 1 aromatic carbocycles. The summed E-state index contributed by atoms with van der Waals surface area (Å²) in [6, 6.07) is 7.45. The normalized spacial score (nSPS) is 10.9. The number of nitrogens with zero attached hydrogens (tertiary/aromatic N) is 4. The van der Waals surface area contributed by atoms with E-state index >= 15 is 0 Å². The van der Waals surface area contributed by atoms with E-state index in [1.807, 2.05) is 18.2 Å². The van der Waals surface area contributed by atoms with Crippen molar-refractivity contribution in [1.29, 1.82) is 5.26 Å². The number of aromatic amines is 1. The van der Waals surface area contributed by atoms with E-state index in [4.69, 9.17) is 10.00 Å². The third kappa shape index (κ3) is 3.08. The van der Waals surface area contributed by atoms with E-state index in [2.05, 4.69) is 41.9 Å². The Balaban J connectivity index is 2.24. The van der Waals surface area contributed by atoms with Crippen molar-refractivity contribution < 1.29 is 4.74 Å². The second kappa shape index (κ2) is 5.97. The van der Waals surface area contributed by atoms with Crippen LogP contribution < -0.4 is 10.1 Å². The molecule has 0 unspecified atom stereocenters. The lowest BCUT2D eigenvalue weighted by atomic mass is 10.2. The molecule has 0 aliphatic heterocycles. The molecule has 2 N–H and O–H groups in total. The van der Waals surface area contributed by atoms with Crippen LogP contribution in [-0.4, -0.2) is 27.7 Å². The number of hydrogen-bond acceptors (Lipinski definition) is 6. The lowest BCUT2D eigenvalue weighted by Crippen LogP contribution is -1.94. The second-order valence-electron chi connectivity index (χ2n) is 3.40. The third-order valence-corrected chi connectivity index (χ3v) is 2.94. The van der Waals surface area contributed by atoms with Crippen molar-refractivity contribution in [2.45, 2.75) is 0 Å². The number of tetrazole rings is 1. The van der Waals surface area contributed by atoms with Crippen molar-refractivity contribution in [1.82, 2.24) is 20.6 Å². The Morgan fingerprint density at radius 3 is 3.05 bits per heavy atom. The molecule has 0 radical (unpaired) electrons. The van der Waals surface area contributed by atoms with E-state index in [1.165, 1.54) is 6.20 Å². The zero-order valence-electron chi connectivity index (χ0n) is 9.88. The van der Waals surface area contributed by atoms with Gasteiger partial charge in [-0.15, -0.1) is 10.2 Å². The van der Waals surface area contributed by atoms with Crippen molar-refractivity contribution in [3.8, 4) is 11.8 Å². The second-order valence-corrected chi connectivity index (χ2v) is 4.25. The quantitative estimate of drug-likeness (QED) is 0.835. The maximum absolute atomic E-state index is 9.03. The van der Waals surface area contributed by atoms with Gasteiger partial charge < -0.3 is 10.1 Å². The van der Waals surface area contributed by atoms with Crippen LogP contribution in [0.4, 0.5) is 5.69 Å². The van der Waals surface area contributed by atoms with Crippen LogP contribution in [0.1, 0.15) is 5.82 Å². The van der Waals surface area contributed by atoms with Crippen LogP contribution in [0.15, 0.2) is 28.9 Å². The minimum atomic E-state index is 0.231. The topological polar surface area (TPSA) is 99.5 Å². The van der Waals surface area contributed by atoms with Crippen molar-refractivity contribution in [2.75, 3.05) is 12.4 Å². The van der Waals surface area contributed by atoms with E-state index in [1.54, 1.807) is 13.2 Å². The molecule has 7 nitrogen and oxygen atoms in total. The SMILES string of the molecule is COc1ccc(Br)c(NC=C(C#N)c2nn[nH]n2)c1. The first kappa shape index (κ1) is 13.0. The van der Waals surface area contributed by atoms with E-state index in [0.717, 1.165) is 10.2 Å². The van der Waals surface area contributed by atoms with Gasteiger partial charge in [0.15, 0.2) is 0 Å². The fraction of sp³-hybridized carbons (Fsp3) is 0.0909. The highest BCUT2D eigenvalue weighted by Gasteiger charge is 2.06. The molecule has 0 aliphatic carbocycles. The average Bonchev–Trinajstić information content (AvgIpc) is 2.95. The Kier molecular flexibility index (Phi) is 4.10. The van der Waals surface area contributed by atoms with E-state index in [-0.39, 0.29) is 11.4 Å². The standard InChI is InChI=1S/C11H9BrN6O/c1-19-8-2-3-9(12)10(4-8)14-6-7(5-13)11-15-17-18-16-11/h2-4,6,14H,1H3,(H,15,16,17,18). The van der Waals surface area contributed by atoms with Crippen LogP contribution in [0.25, 0.3) is 5.57 Å². The van der Waals surface area contributed by atoms with Crippen molar-refractivity contribution in [3.63, 3.8) is 0 Å². The number of aromatic nitrogens is 4. The predicted molar refractivity (Wildman–Crippen MR) is 72.1 cm³/mol. The van der Waals surface area contributed by atoms with Gasteiger partial charge in [0.25, 0.3) is 0 Å². The van der Waals surface area contributed by atoms with Crippen molar-refractivity contribution in [2.24, 2.45) is 0 Å². The maximum Gasteiger partial charge on any atom is 0.216 e. The molecule has 96 valence electrons. The Morgan fingerprint density at radius 2 is 2.42 bits per heavy atom. The number of halogens is 1. The number of benzene rings is 1. The van der Waals surface area contributed by atoms with Gasteiger partial charge in [0.2, 0.25) is 5.82 Å². The van der Waals surface area contributed by atoms with Gasteiger partial charge in [-0.3, -0.25) is 0 Å². The van der Waals surface area contributed by atoms with Crippen LogP contribution in [0, 0.1) is 11.3 Å². The summed E-state index contributed by atoms with van der Waals surface area (Å²) in [5.74, 6) is 0.936. The highest BCUT2D eigenvalue weighted by Crippen LogP contribution is 2.27. The third-order valence-electron chi connectivity index (χ3n) is 2.25. The Hall–Kier alpha value is -2.40. The molecule has 0 saturated carbocycles. The maximum atomic E-state index is 9.03. The van der Waals surface area contributed by atoms with Crippen molar-refractivity contribution >= 4 is 27.2 Å². The molecule has 0 atom stereocenters. The van der Waals surface area contributed by atoms with E-state index in [9.17, 15) is 0 Å². The number of rotatable bonds is 4. The Labute approximate surface area is 117 Å². The first-order chi connectivity index (χ1) is 9.24. The van der Waals surface area contributed by atoms with Gasteiger partial charge in [0, 0.05) is 16.7 Å². The molecule has 0 bridgehead atoms. The number of anilines is 1. The van der Waals surface area contributed by atoms with Crippen LogP contribution in [0.2, 0.25) is 0 Å². The van der Waals surface area contributed by atoms with Gasteiger partial charge in [-0.05, 0) is 33.3 Å². The molecule has 0 fully saturated rings. The summed E-state index contributed by atoms with van der Waals surface area (Å²) in [6.07, 6.45) is 1.50. The van der Waals surface area contributed by atoms with E-state index in [0.29, 0.717) is 5.75 Å². The number of H-pyrrole nitrogens is 1. The molecular formula is C11H9BrN6O. The summed E-state index contributed by atoms with van der Waals surface area (Å²) < 4.78 is 5.97. The molecule has 0 spiro atoms. The number of allylic oxidation sites excluding steroid dienone is 1. The summed E-state index contributed by atoms with van der Waals surface area (Å²) >= 11 is 3.40. The fourth-order valence-electron chi connectivity index (χ4n) is 1.31. The molecule has 2 aromatic rings. The van der Waals surface area contributed by atoms with Gasteiger partial charge in [0.1, 0.15) is 17.4 Å².